The van der Waals surface area contributed by atoms with Crippen LogP contribution in [-0.4, -0.2) is 163 Å². The number of nitro groups is 1. The first-order valence-electron chi connectivity index (χ1n) is 21.6. The molecule has 16 nitrogen and oxygen atoms in total. The van der Waals surface area contributed by atoms with Crippen molar-refractivity contribution >= 4 is 5.69 Å². The first-order valence-corrected chi connectivity index (χ1v) is 21.6. The molecule has 0 aromatic heterocycles. The molecule has 2 aromatic rings. The molecule has 0 bridgehead atoms. The summed E-state index contributed by atoms with van der Waals surface area (Å²) in [5.41, 5.74) is 1.40. The molecule has 0 heterocycles. The summed E-state index contributed by atoms with van der Waals surface area (Å²) in [6.45, 7) is 13.8. The first-order chi connectivity index (χ1) is 29.7. The molecular formula is C44H73NO15. The van der Waals surface area contributed by atoms with Crippen LogP contribution in [0, 0.1) is 10.1 Å². The van der Waals surface area contributed by atoms with Gasteiger partial charge in [0, 0.05) is 12.1 Å². The van der Waals surface area contributed by atoms with E-state index in [1.165, 1.54) is 56.2 Å². The number of ether oxygens (including phenoxy) is 13. The van der Waals surface area contributed by atoms with E-state index >= 15 is 0 Å². The molecule has 0 radical (unpaired) electrons. The highest BCUT2D eigenvalue weighted by atomic mass is 16.6. The molecule has 0 aliphatic rings. The van der Waals surface area contributed by atoms with Gasteiger partial charge in [0.25, 0.3) is 5.69 Å². The van der Waals surface area contributed by atoms with Gasteiger partial charge < -0.3 is 61.6 Å². The van der Waals surface area contributed by atoms with Crippen molar-refractivity contribution in [2.45, 2.75) is 51.9 Å². The zero-order valence-electron chi connectivity index (χ0n) is 36.1. The highest BCUT2D eigenvalue weighted by Crippen LogP contribution is 2.17. The molecule has 0 aliphatic heterocycles. The van der Waals surface area contributed by atoms with E-state index in [1.54, 1.807) is 12.1 Å². The number of nitrogens with zero attached hydrogens (tertiary/aromatic N) is 1. The number of benzene rings is 2. The summed E-state index contributed by atoms with van der Waals surface area (Å²) in [7, 11) is 0. The molecular weight excluding hydrogens is 782 g/mol. The van der Waals surface area contributed by atoms with Crippen molar-refractivity contribution in [2.24, 2.45) is 0 Å². The molecule has 0 unspecified atom stereocenters. The average molecular weight is 856 g/mol. The monoisotopic (exact) mass is 855 g/mol. The topological polar surface area (TPSA) is 163 Å². The van der Waals surface area contributed by atoms with E-state index in [1.807, 2.05) is 12.1 Å². The highest BCUT2D eigenvalue weighted by Gasteiger charge is 2.04. The summed E-state index contributed by atoms with van der Waals surface area (Å²) in [4.78, 5) is 10.2. The normalized spacial score (nSPS) is 11.3. The van der Waals surface area contributed by atoms with Gasteiger partial charge in [-0.15, -0.1) is 0 Å². The van der Waals surface area contributed by atoms with Crippen molar-refractivity contribution < 1.29 is 66.5 Å². The maximum Gasteiger partial charge on any atom is 0.269 e. The summed E-state index contributed by atoms with van der Waals surface area (Å²) >= 11 is 0. The Morgan fingerprint density at radius 3 is 0.933 bits per heavy atom. The highest BCUT2D eigenvalue weighted by molar-refractivity contribution is 5.36. The van der Waals surface area contributed by atoms with Gasteiger partial charge in [0.15, 0.2) is 0 Å². The fraction of sp³-hybridized carbons (Fsp3) is 0.727. The third-order valence-corrected chi connectivity index (χ3v) is 8.50. The quantitative estimate of drug-likeness (QED) is 0.0424. The van der Waals surface area contributed by atoms with Crippen LogP contribution in [0.15, 0.2) is 48.5 Å². The molecule has 2 rings (SSSR count). The van der Waals surface area contributed by atoms with E-state index in [0.29, 0.717) is 164 Å². The van der Waals surface area contributed by atoms with Gasteiger partial charge in [-0.2, -0.15) is 0 Å². The summed E-state index contributed by atoms with van der Waals surface area (Å²) in [5, 5.41) is 10.7. The van der Waals surface area contributed by atoms with Gasteiger partial charge in [0.2, 0.25) is 0 Å². The summed E-state index contributed by atoms with van der Waals surface area (Å²) < 4.78 is 71.8. The SMILES string of the molecule is CCCCCCCCc1ccc(OCCOCCOCCOCCOCCOCCOCCOCCOCCOCCOCCOCCOc2ccc([N+](=O)[O-])cc2)cc1. The Kier molecular flexibility index (Phi) is 36.6. The lowest BCUT2D eigenvalue weighted by molar-refractivity contribution is -0.384. The van der Waals surface area contributed by atoms with Crippen LogP contribution >= 0.6 is 0 Å². The Balaban J connectivity index is 1.16. The average Bonchev–Trinajstić information content (AvgIpc) is 3.26. The molecule has 0 amide bonds. The maximum absolute atomic E-state index is 10.7. The number of nitro benzene ring substituents is 1. The Morgan fingerprint density at radius 2 is 0.633 bits per heavy atom. The number of unbranched alkanes of at least 4 members (excludes halogenated alkanes) is 5. The van der Waals surface area contributed by atoms with Gasteiger partial charge in [0.1, 0.15) is 24.7 Å². The molecule has 0 aliphatic carbocycles. The summed E-state index contributed by atoms with van der Waals surface area (Å²) in [6, 6.07) is 14.3. The lowest BCUT2D eigenvalue weighted by Gasteiger charge is -2.09. The second kappa shape index (κ2) is 41.4. The standard InChI is InChI=1S/C44H73NO15/c1-2-3-4-5-6-7-8-41-9-13-43(14-10-41)59-39-37-57-35-33-55-31-29-53-27-25-51-23-21-49-19-17-48-18-20-50-22-24-52-26-28-54-30-32-56-34-36-58-38-40-60-44-15-11-42(12-16-44)45(46)47/h9-16H,2-8,17-40H2,1H3. The molecule has 0 fully saturated rings. The molecule has 0 N–H and O–H groups in total. The van der Waals surface area contributed by atoms with Gasteiger partial charge in [-0.3, -0.25) is 10.1 Å². The van der Waals surface area contributed by atoms with Crippen LogP contribution in [0.4, 0.5) is 5.69 Å². The van der Waals surface area contributed by atoms with E-state index in [-0.39, 0.29) is 5.69 Å². The van der Waals surface area contributed by atoms with E-state index in [9.17, 15) is 10.1 Å². The van der Waals surface area contributed by atoms with Gasteiger partial charge in [-0.05, 0) is 42.7 Å². The van der Waals surface area contributed by atoms with Crippen LogP contribution in [0.3, 0.4) is 0 Å². The molecule has 60 heavy (non-hydrogen) atoms. The minimum absolute atomic E-state index is 0.0248. The molecule has 344 valence electrons. The molecule has 0 saturated heterocycles. The fourth-order valence-corrected chi connectivity index (χ4v) is 5.26. The van der Waals surface area contributed by atoms with Crippen molar-refractivity contribution in [3.8, 4) is 11.5 Å². The smallest absolute Gasteiger partial charge is 0.269 e. The van der Waals surface area contributed by atoms with E-state index < -0.39 is 4.92 Å². The van der Waals surface area contributed by atoms with Crippen LogP contribution in [0.1, 0.15) is 51.0 Å². The second-order valence-electron chi connectivity index (χ2n) is 13.3. The number of non-ortho nitro benzene ring substituents is 1. The van der Waals surface area contributed by atoms with Crippen LogP contribution in [0.5, 0.6) is 11.5 Å². The van der Waals surface area contributed by atoms with Crippen LogP contribution < -0.4 is 9.47 Å². The molecule has 2 aromatic carbocycles. The van der Waals surface area contributed by atoms with E-state index in [4.69, 9.17) is 61.6 Å². The second-order valence-corrected chi connectivity index (χ2v) is 13.3. The van der Waals surface area contributed by atoms with Crippen molar-refractivity contribution in [3.05, 3.63) is 64.2 Å². The first kappa shape index (κ1) is 53.1. The fourth-order valence-electron chi connectivity index (χ4n) is 5.26. The van der Waals surface area contributed by atoms with Crippen LogP contribution in [0.2, 0.25) is 0 Å². The predicted molar refractivity (Wildman–Crippen MR) is 227 cm³/mol. The van der Waals surface area contributed by atoms with E-state index in [2.05, 4.69) is 19.1 Å². The number of hydrogen-bond acceptors (Lipinski definition) is 15. The maximum atomic E-state index is 10.7. The van der Waals surface area contributed by atoms with Crippen molar-refractivity contribution in [1.29, 1.82) is 0 Å². The van der Waals surface area contributed by atoms with Crippen molar-refractivity contribution in [3.63, 3.8) is 0 Å². The molecule has 0 saturated carbocycles. The van der Waals surface area contributed by atoms with Gasteiger partial charge in [-0.25, -0.2) is 0 Å². The van der Waals surface area contributed by atoms with E-state index in [0.717, 1.165) is 12.2 Å². The Labute approximate surface area is 357 Å². The Bertz CT molecular complexity index is 1210. The van der Waals surface area contributed by atoms with Crippen LogP contribution in [0.25, 0.3) is 0 Å². The zero-order valence-corrected chi connectivity index (χ0v) is 36.1. The minimum Gasteiger partial charge on any atom is -0.491 e. The lowest BCUT2D eigenvalue weighted by Crippen LogP contribution is -2.15. The van der Waals surface area contributed by atoms with Gasteiger partial charge in [0.05, 0.1) is 150 Å². The van der Waals surface area contributed by atoms with Gasteiger partial charge in [-0.1, -0.05) is 51.2 Å². The number of aryl methyl sites for hydroxylation is 1. The summed E-state index contributed by atoms with van der Waals surface area (Å²) in [5.74, 6) is 1.43. The lowest BCUT2D eigenvalue weighted by atomic mass is 10.0. The minimum atomic E-state index is -0.451. The molecule has 0 spiro atoms. The van der Waals surface area contributed by atoms with Crippen molar-refractivity contribution in [1.82, 2.24) is 0 Å². The Hall–Kier alpha value is -3.00. The third-order valence-electron chi connectivity index (χ3n) is 8.50. The van der Waals surface area contributed by atoms with Crippen molar-refractivity contribution in [2.75, 3.05) is 159 Å². The third kappa shape index (κ3) is 33.7. The Morgan fingerprint density at radius 1 is 0.367 bits per heavy atom. The summed E-state index contributed by atoms with van der Waals surface area (Å²) in [6.07, 6.45) is 9.05. The largest absolute Gasteiger partial charge is 0.491 e. The number of hydrogen-bond donors (Lipinski definition) is 0. The molecule has 16 heteroatoms. The molecule has 0 atom stereocenters. The van der Waals surface area contributed by atoms with Gasteiger partial charge >= 0.3 is 0 Å². The number of rotatable bonds is 46. The predicted octanol–water partition coefficient (Wildman–Crippen LogP) is 6.14. The zero-order chi connectivity index (χ0) is 42.7. The van der Waals surface area contributed by atoms with Crippen LogP contribution in [-0.2, 0) is 58.5 Å².